The zero-order chi connectivity index (χ0) is 11.5. The summed E-state index contributed by atoms with van der Waals surface area (Å²) in [4.78, 5) is 0. The van der Waals surface area contributed by atoms with Crippen LogP contribution < -0.4 is 4.74 Å². The smallest absolute Gasteiger partial charge is 0.140 e. The molecule has 0 saturated carbocycles. The Morgan fingerprint density at radius 2 is 2.00 bits per heavy atom. The first-order valence-corrected chi connectivity index (χ1v) is 5.09. The zero-order valence-corrected chi connectivity index (χ0v) is 9.31. The fourth-order valence-corrected chi connectivity index (χ4v) is 1.70. The molecule has 0 aliphatic rings. The van der Waals surface area contributed by atoms with E-state index < -0.39 is 6.10 Å². The third-order valence-corrected chi connectivity index (χ3v) is 2.58. The Kier molecular flexibility index (Phi) is 2.97. The lowest BCUT2D eigenvalue weighted by molar-refractivity contribution is 0.184. The molecule has 1 aromatic carbocycles. The van der Waals surface area contributed by atoms with Gasteiger partial charge in [-0.3, -0.25) is 0 Å². The van der Waals surface area contributed by atoms with Crippen molar-refractivity contribution in [3.8, 4) is 5.75 Å². The van der Waals surface area contributed by atoms with Gasteiger partial charge in [0.15, 0.2) is 0 Å². The third-order valence-electron chi connectivity index (χ3n) is 2.58. The molecule has 0 amide bonds. The van der Waals surface area contributed by atoms with Crippen molar-refractivity contribution in [2.45, 2.75) is 13.0 Å². The Morgan fingerprint density at radius 1 is 1.25 bits per heavy atom. The van der Waals surface area contributed by atoms with Crippen LogP contribution in [0.15, 0.2) is 41.0 Å². The molecule has 1 aromatic heterocycles. The fourth-order valence-electron chi connectivity index (χ4n) is 1.70. The van der Waals surface area contributed by atoms with Crippen LogP contribution in [0.5, 0.6) is 5.75 Å². The Balaban J connectivity index is 2.41. The van der Waals surface area contributed by atoms with E-state index in [2.05, 4.69) is 0 Å². The zero-order valence-electron chi connectivity index (χ0n) is 9.31. The fraction of sp³-hybridized carbons (Fsp3) is 0.231. The maximum atomic E-state index is 10.2. The maximum absolute atomic E-state index is 10.2. The van der Waals surface area contributed by atoms with Crippen molar-refractivity contribution in [3.63, 3.8) is 0 Å². The third kappa shape index (κ3) is 1.82. The monoisotopic (exact) mass is 218 g/mol. The van der Waals surface area contributed by atoms with Crippen LogP contribution in [-0.2, 0) is 0 Å². The van der Waals surface area contributed by atoms with Crippen molar-refractivity contribution in [1.29, 1.82) is 0 Å². The molecule has 1 heterocycles. The van der Waals surface area contributed by atoms with Gasteiger partial charge < -0.3 is 14.3 Å². The van der Waals surface area contributed by atoms with Gasteiger partial charge in [-0.05, 0) is 24.6 Å². The number of rotatable bonds is 3. The first kappa shape index (κ1) is 10.8. The van der Waals surface area contributed by atoms with Gasteiger partial charge in [-0.1, -0.05) is 18.2 Å². The first-order chi connectivity index (χ1) is 7.74. The summed E-state index contributed by atoms with van der Waals surface area (Å²) in [5.41, 5.74) is 1.64. The predicted octanol–water partition coefficient (Wildman–Crippen LogP) is 2.68. The summed E-state index contributed by atoms with van der Waals surface area (Å²) in [5.74, 6) is 1.22. The average Bonchev–Trinajstić information content (AvgIpc) is 2.74. The van der Waals surface area contributed by atoms with Gasteiger partial charge in [0.1, 0.15) is 17.6 Å². The topological polar surface area (TPSA) is 42.6 Å². The molecule has 2 aromatic rings. The Morgan fingerprint density at radius 3 is 2.62 bits per heavy atom. The highest BCUT2D eigenvalue weighted by Crippen LogP contribution is 2.31. The SMILES string of the molecule is COc1ccccc1C(O)c1occc1C. The van der Waals surface area contributed by atoms with E-state index in [1.165, 1.54) is 0 Å². The Hall–Kier alpha value is -1.74. The van der Waals surface area contributed by atoms with Crippen molar-refractivity contribution >= 4 is 0 Å². The summed E-state index contributed by atoms with van der Waals surface area (Å²) in [5, 5.41) is 10.2. The lowest BCUT2D eigenvalue weighted by atomic mass is 10.0. The molecule has 1 N–H and O–H groups in total. The minimum absolute atomic E-state index is 0.560. The minimum atomic E-state index is -0.786. The van der Waals surface area contributed by atoms with E-state index >= 15 is 0 Å². The van der Waals surface area contributed by atoms with Crippen LogP contribution >= 0.6 is 0 Å². The number of aliphatic hydroxyl groups is 1. The number of hydrogen-bond acceptors (Lipinski definition) is 3. The summed E-state index contributed by atoms with van der Waals surface area (Å²) in [6.07, 6.45) is 0.787. The van der Waals surface area contributed by atoms with Crippen molar-refractivity contribution in [3.05, 3.63) is 53.5 Å². The predicted molar refractivity (Wildman–Crippen MR) is 60.5 cm³/mol. The van der Waals surface area contributed by atoms with E-state index in [-0.39, 0.29) is 0 Å². The number of furan rings is 1. The number of para-hydroxylation sites is 1. The summed E-state index contributed by atoms with van der Waals surface area (Å²) < 4.78 is 10.5. The molecule has 0 spiro atoms. The van der Waals surface area contributed by atoms with Gasteiger partial charge in [-0.15, -0.1) is 0 Å². The van der Waals surface area contributed by atoms with E-state index in [1.54, 1.807) is 13.4 Å². The second kappa shape index (κ2) is 4.41. The largest absolute Gasteiger partial charge is 0.496 e. The molecule has 0 fully saturated rings. The highest BCUT2D eigenvalue weighted by atomic mass is 16.5. The molecule has 1 atom stereocenters. The molecular weight excluding hydrogens is 204 g/mol. The van der Waals surface area contributed by atoms with Gasteiger partial charge in [0.05, 0.1) is 13.4 Å². The number of ether oxygens (including phenoxy) is 1. The molecule has 3 heteroatoms. The molecular formula is C13H14O3. The summed E-state index contributed by atoms with van der Waals surface area (Å²) in [7, 11) is 1.58. The highest BCUT2D eigenvalue weighted by Gasteiger charge is 2.19. The second-order valence-corrected chi connectivity index (χ2v) is 3.61. The Labute approximate surface area is 94.3 Å². The van der Waals surface area contributed by atoms with Crippen molar-refractivity contribution in [2.24, 2.45) is 0 Å². The normalized spacial score (nSPS) is 12.4. The standard InChI is InChI=1S/C13H14O3/c1-9-7-8-16-13(9)12(14)10-5-3-4-6-11(10)15-2/h3-8,12,14H,1-2H3. The number of hydrogen-bond donors (Lipinski definition) is 1. The minimum Gasteiger partial charge on any atom is -0.496 e. The van der Waals surface area contributed by atoms with Gasteiger partial charge >= 0.3 is 0 Å². The van der Waals surface area contributed by atoms with Crippen LogP contribution in [0.2, 0.25) is 0 Å². The molecule has 0 saturated heterocycles. The van der Waals surface area contributed by atoms with Crippen molar-refractivity contribution in [1.82, 2.24) is 0 Å². The molecule has 2 rings (SSSR count). The summed E-state index contributed by atoms with van der Waals surface area (Å²) >= 11 is 0. The number of methoxy groups -OCH3 is 1. The maximum Gasteiger partial charge on any atom is 0.140 e. The van der Waals surface area contributed by atoms with Gasteiger partial charge in [0, 0.05) is 5.56 Å². The molecule has 84 valence electrons. The van der Waals surface area contributed by atoms with Crippen LogP contribution in [-0.4, -0.2) is 12.2 Å². The van der Waals surface area contributed by atoms with E-state index in [0.717, 1.165) is 5.56 Å². The van der Waals surface area contributed by atoms with Gasteiger partial charge in [0.25, 0.3) is 0 Å². The van der Waals surface area contributed by atoms with Gasteiger partial charge in [-0.25, -0.2) is 0 Å². The molecule has 16 heavy (non-hydrogen) atoms. The second-order valence-electron chi connectivity index (χ2n) is 3.61. The first-order valence-electron chi connectivity index (χ1n) is 5.09. The van der Waals surface area contributed by atoms with Crippen LogP contribution in [0.3, 0.4) is 0 Å². The summed E-state index contributed by atoms with van der Waals surface area (Å²) in [6, 6.07) is 9.19. The highest BCUT2D eigenvalue weighted by molar-refractivity contribution is 5.39. The lowest BCUT2D eigenvalue weighted by Crippen LogP contribution is -2.02. The number of aryl methyl sites for hydroxylation is 1. The molecule has 0 bridgehead atoms. The van der Waals surface area contributed by atoms with E-state index in [4.69, 9.17) is 9.15 Å². The molecule has 0 radical (unpaired) electrons. The van der Waals surface area contributed by atoms with E-state index in [0.29, 0.717) is 17.1 Å². The van der Waals surface area contributed by atoms with E-state index in [1.807, 2.05) is 37.3 Å². The van der Waals surface area contributed by atoms with Gasteiger partial charge in [-0.2, -0.15) is 0 Å². The van der Waals surface area contributed by atoms with Crippen LogP contribution in [0.4, 0.5) is 0 Å². The van der Waals surface area contributed by atoms with Crippen LogP contribution in [0, 0.1) is 6.92 Å². The molecule has 0 aliphatic carbocycles. The summed E-state index contributed by atoms with van der Waals surface area (Å²) in [6.45, 7) is 1.90. The number of benzene rings is 1. The quantitative estimate of drug-likeness (QED) is 0.861. The van der Waals surface area contributed by atoms with E-state index in [9.17, 15) is 5.11 Å². The van der Waals surface area contributed by atoms with Crippen molar-refractivity contribution in [2.75, 3.05) is 7.11 Å². The molecule has 3 nitrogen and oxygen atoms in total. The molecule has 0 aliphatic heterocycles. The average molecular weight is 218 g/mol. The lowest BCUT2D eigenvalue weighted by Gasteiger charge is -2.13. The molecule has 1 unspecified atom stereocenters. The van der Waals surface area contributed by atoms with Crippen molar-refractivity contribution < 1.29 is 14.3 Å². The van der Waals surface area contributed by atoms with Crippen LogP contribution in [0.25, 0.3) is 0 Å². The van der Waals surface area contributed by atoms with Gasteiger partial charge in [0.2, 0.25) is 0 Å². The van der Waals surface area contributed by atoms with Crippen LogP contribution in [0.1, 0.15) is 23.0 Å². The Bertz CT molecular complexity index is 474. The number of aliphatic hydroxyl groups excluding tert-OH is 1.